The Morgan fingerprint density at radius 1 is 1.47 bits per heavy atom. The van der Waals surface area contributed by atoms with Gasteiger partial charge in [-0.2, -0.15) is 5.26 Å². The van der Waals surface area contributed by atoms with Crippen molar-refractivity contribution in [1.82, 2.24) is 4.90 Å². The first kappa shape index (κ1) is 15.5. The molecule has 1 aliphatic rings. The molecule has 19 heavy (non-hydrogen) atoms. The molecule has 106 valence electrons. The fourth-order valence-electron chi connectivity index (χ4n) is 2.03. The summed E-state index contributed by atoms with van der Waals surface area (Å²) >= 11 is 0. The number of Topliss-reactive ketones (excluding diaryl/α,β-unsaturated/α-hetero) is 1. The second-order valence-corrected chi connectivity index (χ2v) is 6.49. The molecule has 0 spiro atoms. The second-order valence-electron chi connectivity index (χ2n) is 6.49. The van der Waals surface area contributed by atoms with Crippen LogP contribution in [0, 0.1) is 16.7 Å². The Hall–Kier alpha value is -1.57. The molecule has 0 aliphatic heterocycles. The molecule has 0 radical (unpaired) electrons. The quantitative estimate of drug-likeness (QED) is 0.787. The van der Waals surface area contributed by atoms with Gasteiger partial charge in [0.25, 0.3) is 0 Å². The average Bonchev–Trinajstić information content (AvgIpc) is 2.19. The number of rotatable bonds is 3. The SMILES string of the molecule is CC(C)N(CC1(C#N)CC(=O)C1)C(=O)OC(C)(C)C. The van der Waals surface area contributed by atoms with E-state index in [4.69, 9.17) is 4.74 Å². The lowest BCUT2D eigenvalue weighted by atomic mass is 9.68. The largest absolute Gasteiger partial charge is 0.444 e. The van der Waals surface area contributed by atoms with E-state index in [9.17, 15) is 14.9 Å². The first-order valence-corrected chi connectivity index (χ1v) is 6.51. The van der Waals surface area contributed by atoms with Crippen molar-refractivity contribution in [3.63, 3.8) is 0 Å². The van der Waals surface area contributed by atoms with Crippen LogP contribution in [-0.2, 0) is 9.53 Å². The van der Waals surface area contributed by atoms with Crippen LogP contribution in [0.4, 0.5) is 4.79 Å². The van der Waals surface area contributed by atoms with Crippen LogP contribution in [0.1, 0.15) is 47.5 Å². The number of amides is 1. The molecule has 5 nitrogen and oxygen atoms in total. The molecule has 0 aromatic heterocycles. The zero-order chi connectivity index (χ0) is 14.8. The Balaban J connectivity index is 2.77. The van der Waals surface area contributed by atoms with E-state index in [-0.39, 0.29) is 31.2 Å². The minimum atomic E-state index is -0.724. The van der Waals surface area contributed by atoms with Gasteiger partial charge in [-0.1, -0.05) is 0 Å². The van der Waals surface area contributed by atoms with E-state index in [2.05, 4.69) is 6.07 Å². The number of nitrogens with zero attached hydrogens (tertiary/aromatic N) is 2. The molecule has 5 heteroatoms. The van der Waals surface area contributed by atoms with Gasteiger partial charge in [-0.05, 0) is 34.6 Å². The maximum absolute atomic E-state index is 12.1. The topological polar surface area (TPSA) is 70.4 Å². The van der Waals surface area contributed by atoms with Crippen molar-refractivity contribution in [2.75, 3.05) is 6.54 Å². The summed E-state index contributed by atoms with van der Waals surface area (Å²) in [5, 5.41) is 9.22. The fourth-order valence-corrected chi connectivity index (χ4v) is 2.03. The Kier molecular flexibility index (Phi) is 4.24. The van der Waals surface area contributed by atoms with Crippen molar-refractivity contribution in [2.24, 2.45) is 5.41 Å². The lowest BCUT2D eigenvalue weighted by Gasteiger charge is -2.40. The number of hydrogen-bond donors (Lipinski definition) is 0. The summed E-state index contributed by atoms with van der Waals surface area (Å²) in [5.74, 6) is 0.0782. The van der Waals surface area contributed by atoms with Crippen molar-refractivity contribution in [3.05, 3.63) is 0 Å². The molecule has 1 fully saturated rings. The molecule has 0 aromatic rings. The minimum absolute atomic E-state index is 0.0734. The van der Waals surface area contributed by atoms with Crippen molar-refractivity contribution in [2.45, 2.75) is 59.1 Å². The molecule has 0 bridgehead atoms. The summed E-state index contributed by atoms with van der Waals surface area (Å²) in [6, 6.07) is 2.10. The van der Waals surface area contributed by atoms with Gasteiger partial charge in [0.1, 0.15) is 11.4 Å². The van der Waals surface area contributed by atoms with E-state index in [0.29, 0.717) is 0 Å². The summed E-state index contributed by atoms with van der Waals surface area (Å²) in [6.45, 7) is 9.40. The van der Waals surface area contributed by atoms with Crippen LogP contribution in [0.5, 0.6) is 0 Å². The lowest BCUT2D eigenvalue weighted by molar-refractivity contribution is -0.130. The number of carbonyl (C=O) groups is 2. The highest BCUT2D eigenvalue weighted by Gasteiger charge is 2.46. The third-order valence-electron chi connectivity index (χ3n) is 3.03. The van der Waals surface area contributed by atoms with Crippen LogP contribution in [0.2, 0.25) is 0 Å². The van der Waals surface area contributed by atoms with Gasteiger partial charge in [0.15, 0.2) is 0 Å². The second kappa shape index (κ2) is 5.20. The van der Waals surface area contributed by atoms with E-state index in [1.807, 2.05) is 13.8 Å². The van der Waals surface area contributed by atoms with Crippen LogP contribution in [0.15, 0.2) is 0 Å². The maximum atomic E-state index is 12.1. The monoisotopic (exact) mass is 266 g/mol. The summed E-state index contributed by atoms with van der Waals surface area (Å²) in [6.07, 6.45) is 0.0295. The third-order valence-corrected chi connectivity index (χ3v) is 3.03. The van der Waals surface area contributed by atoms with E-state index >= 15 is 0 Å². The van der Waals surface area contributed by atoms with Crippen molar-refractivity contribution >= 4 is 11.9 Å². The van der Waals surface area contributed by atoms with Crippen molar-refractivity contribution < 1.29 is 14.3 Å². The van der Waals surface area contributed by atoms with E-state index in [1.54, 1.807) is 20.8 Å². The normalized spacial score (nSPS) is 17.6. The highest BCUT2D eigenvalue weighted by Crippen LogP contribution is 2.38. The first-order chi connectivity index (χ1) is 8.58. The number of ketones is 1. The summed E-state index contributed by atoms with van der Waals surface area (Å²) < 4.78 is 5.34. The molecule has 1 rings (SSSR count). The zero-order valence-electron chi connectivity index (χ0n) is 12.3. The average molecular weight is 266 g/mol. The Morgan fingerprint density at radius 3 is 2.32 bits per heavy atom. The molecule has 0 unspecified atom stereocenters. The van der Waals surface area contributed by atoms with E-state index < -0.39 is 17.1 Å². The van der Waals surface area contributed by atoms with Crippen LogP contribution < -0.4 is 0 Å². The molecular weight excluding hydrogens is 244 g/mol. The Morgan fingerprint density at radius 2 is 2.00 bits per heavy atom. The summed E-state index contributed by atoms with van der Waals surface area (Å²) in [7, 11) is 0. The van der Waals surface area contributed by atoms with Gasteiger partial charge in [-0.3, -0.25) is 4.79 Å². The number of nitriles is 1. The Labute approximate surface area is 114 Å². The van der Waals surface area contributed by atoms with Crippen LogP contribution in [-0.4, -0.2) is 35.0 Å². The van der Waals surface area contributed by atoms with Gasteiger partial charge >= 0.3 is 6.09 Å². The molecule has 0 N–H and O–H groups in total. The maximum Gasteiger partial charge on any atom is 0.410 e. The van der Waals surface area contributed by atoms with Crippen LogP contribution >= 0.6 is 0 Å². The lowest BCUT2D eigenvalue weighted by Crippen LogP contribution is -2.51. The number of ether oxygens (including phenoxy) is 1. The third kappa shape index (κ3) is 3.95. The molecule has 0 heterocycles. The highest BCUT2D eigenvalue weighted by atomic mass is 16.6. The van der Waals surface area contributed by atoms with Gasteiger partial charge in [-0.15, -0.1) is 0 Å². The highest BCUT2D eigenvalue weighted by molar-refractivity contribution is 5.87. The van der Waals surface area contributed by atoms with Crippen molar-refractivity contribution in [3.8, 4) is 6.07 Å². The predicted octanol–water partition coefficient (Wildman–Crippen LogP) is 2.50. The predicted molar refractivity (Wildman–Crippen MR) is 70.4 cm³/mol. The van der Waals surface area contributed by atoms with E-state index in [0.717, 1.165) is 0 Å². The number of carbonyl (C=O) groups excluding carboxylic acids is 2. The summed E-state index contributed by atoms with van der Waals surface area (Å²) in [4.78, 5) is 24.8. The standard InChI is InChI=1S/C14H22N2O3/c1-10(2)16(12(18)19-13(3,4)5)9-14(8-15)6-11(17)7-14/h10H,6-7,9H2,1-5H3. The van der Waals surface area contributed by atoms with Gasteiger partial charge in [0.05, 0.1) is 11.5 Å². The van der Waals surface area contributed by atoms with Gasteiger partial charge in [0.2, 0.25) is 0 Å². The van der Waals surface area contributed by atoms with Crippen molar-refractivity contribution in [1.29, 1.82) is 5.26 Å². The number of hydrogen-bond acceptors (Lipinski definition) is 4. The molecule has 1 saturated carbocycles. The molecular formula is C14H22N2O3. The smallest absolute Gasteiger partial charge is 0.410 e. The molecule has 1 amide bonds. The summed E-state index contributed by atoms with van der Waals surface area (Å²) in [5.41, 5.74) is -1.29. The van der Waals surface area contributed by atoms with Crippen LogP contribution in [0.25, 0.3) is 0 Å². The molecule has 0 aromatic carbocycles. The first-order valence-electron chi connectivity index (χ1n) is 6.51. The molecule has 1 aliphatic carbocycles. The Bertz CT molecular complexity index is 407. The minimum Gasteiger partial charge on any atom is -0.444 e. The van der Waals surface area contributed by atoms with E-state index in [1.165, 1.54) is 4.90 Å². The van der Waals surface area contributed by atoms with Gasteiger partial charge in [-0.25, -0.2) is 4.79 Å². The molecule has 0 saturated heterocycles. The zero-order valence-corrected chi connectivity index (χ0v) is 12.3. The molecule has 0 atom stereocenters. The fraction of sp³-hybridized carbons (Fsp3) is 0.786. The van der Waals surface area contributed by atoms with Gasteiger partial charge in [0, 0.05) is 25.4 Å². The van der Waals surface area contributed by atoms with Crippen LogP contribution in [0.3, 0.4) is 0 Å². The van der Waals surface area contributed by atoms with Gasteiger partial charge < -0.3 is 9.64 Å².